The first kappa shape index (κ1) is 10.9. The van der Waals surface area contributed by atoms with E-state index in [1.54, 1.807) is 0 Å². The van der Waals surface area contributed by atoms with Crippen LogP contribution in [0.4, 0.5) is 0 Å². The fraction of sp³-hybridized carbons (Fsp3) is 0.455. The van der Waals surface area contributed by atoms with Crippen molar-refractivity contribution in [2.45, 2.75) is 26.9 Å². The van der Waals surface area contributed by atoms with E-state index in [-0.39, 0.29) is 0 Å². The molecule has 2 rings (SSSR count). The lowest BCUT2D eigenvalue weighted by molar-refractivity contribution is 0.289. The zero-order chi connectivity index (χ0) is 11.5. The van der Waals surface area contributed by atoms with E-state index in [0.29, 0.717) is 0 Å². The molecule has 0 aromatic carbocycles. The molecule has 0 saturated carbocycles. The van der Waals surface area contributed by atoms with Crippen LogP contribution in [0.5, 0.6) is 0 Å². The average molecular weight is 221 g/mol. The molecule has 0 aliphatic heterocycles. The number of rotatable bonds is 4. The predicted octanol–water partition coefficient (Wildman–Crippen LogP) is 1.91. The Morgan fingerprint density at radius 2 is 1.44 bits per heavy atom. The molecule has 0 radical (unpaired) electrons. The molecule has 86 valence electrons. The Labute approximate surface area is 94.0 Å². The summed E-state index contributed by atoms with van der Waals surface area (Å²) in [6.45, 7) is 5.25. The van der Waals surface area contributed by atoms with Crippen LogP contribution in [0.25, 0.3) is 0 Å². The van der Waals surface area contributed by atoms with Gasteiger partial charge in [0, 0.05) is 25.2 Å². The van der Waals surface area contributed by atoms with Crippen molar-refractivity contribution in [1.29, 1.82) is 0 Å². The largest absolute Gasteiger partial charge is 0.361 e. The molecule has 2 heterocycles. The molecule has 0 N–H and O–H groups in total. The molecule has 0 amide bonds. The minimum absolute atomic E-state index is 0.739. The van der Waals surface area contributed by atoms with Crippen LogP contribution in [0.2, 0.25) is 0 Å². The van der Waals surface area contributed by atoms with Gasteiger partial charge >= 0.3 is 0 Å². The van der Waals surface area contributed by atoms with Crippen LogP contribution in [0.1, 0.15) is 22.9 Å². The summed E-state index contributed by atoms with van der Waals surface area (Å²) in [5, 5.41) is 7.88. The molecule has 0 atom stereocenters. The normalized spacial score (nSPS) is 11.2. The number of hydrogen-bond acceptors (Lipinski definition) is 5. The summed E-state index contributed by atoms with van der Waals surface area (Å²) >= 11 is 0. The first-order valence-electron chi connectivity index (χ1n) is 5.16. The van der Waals surface area contributed by atoms with E-state index in [2.05, 4.69) is 15.2 Å². The summed E-state index contributed by atoms with van der Waals surface area (Å²) in [6, 6.07) is 3.87. The van der Waals surface area contributed by atoms with Gasteiger partial charge in [-0.05, 0) is 20.9 Å². The second kappa shape index (κ2) is 4.49. The Kier molecular flexibility index (Phi) is 3.05. The second-order valence-electron chi connectivity index (χ2n) is 4.03. The Balaban J connectivity index is 1.91. The molecule has 2 aromatic heterocycles. The third-order valence-corrected chi connectivity index (χ3v) is 2.22. The molecule has 0 unspecified atom stereocenters. The van der Waals surface area contributed by atoms with Gasteiger partial charge in [0.05, 0.1) is 11.4 Å². The highest BCUT2D eigenvalue weighted by Crippen LogP contribution is 2.08. The van der Waals surface area contributed by atoms with Crippen molar-refractivity contribution < 1.29 is 9.05 Å². The highest BCUT2D eigenvalue weighted by Gasteiger charge is 2.08. The third-order valence-electron chi connectivity index (χ3n) is 2.22. The standard InChI is InChI=1S/C11H15N3O2/c1-8-4-10(12-15-8)6-14(3)7-11-5-9(2)16-13-11/h4-5H,6-7H2,1-3H3. The van der Waals surface area contributed by atoms with E-state index >= 15 is 0 Å². The smallest absolute Gasteiger partial charge is 0.133 e. The van der Waals surface area contributed by atoms with Gasteiger partial charge in [0.2, 0.25) is 0 Å². The van der Waals surface area contributed by atoms with Crippen LogP contribution < -0.4 is 0 Å². The zero-order valence-electron chi connectivity index (χ0n) is 9.73. The van der Waals surface area contributed by atoms with E-state index in [1.165, 1.54) is 0 Å². The van der Waals surface area contributed by atoms with Crippen LogP contribution in [-0.4, -0.2) is 22.3 Å². The topological polar surface area (TPSA) is 55.3 Å². The summed E-state index contributed by atoms with van der Waals surface area (Å²) in [5.41, 5.74) is 1.86. The second-order valence-corrected chi connectivity index (χ2v) is 4.03. The van der Waals surface area contributed by atoms with Gasteiger partial charge in [0.15, 0.2) is 0 Å². The first-order chi connectivity index (χ1) is 7.63. The third kappa shape index (κ3) is 2.70. The number of hydrogen-bond donors (Lipinski definition) is 0. The molecule has 2 aromatic rings. The molecule has 5 heteroatoms. The monoisotopic (exact) mass is 221 g/mol. The van der Waals surface area contributed by atoms with E-state index in [4.69, 9.17) is 9.05 Å². The van der Waals surface area contributed by atoms with E-state index in [1.807, 2.05) is 33.0 Å². The van der Waals surface area contributed by atoms with Crippen LogP contribution in [0.15, 0.2) is 21.2 Å². The Morgan fingerprint density at radius 3 is 1.75 bits per heavy atom. The lowest BCUT2D eigenvalue weighted by Crippen LogP contribution is -2.17. The fourth-order valence-electron chi connectivity index (χ4n) is 1.59. The van der Waals surface area contributed by atoms with Gasteiger partial charge in [-0.1, -0.05) is 10.3 Å². The van der Waals surface area contributed by atoms with Gasteiger partial charge in [-0.2, -0.15) is 0 Å². The molecule has 0 spiro atoms. The van der Waals surface area contributed by atoms with Crippen molar-refractivity contribution in [1.82, 2.24) is 15.2 Å². The first-order valence-corrected chi connectivity index (χ1v) is 5.16. The zero-order valence-corrected chi connectivity index (χ0v) is 9.73. The molecule has 0 aliphatic carbocycles. The Hall–Kier alpha value is -1.62. The van der Waals surface area contributed by atoms with Crippen LogP contribution in [0.3, 0.4) is 0 Å². The van der Waals surface area contributed by atoms with Gasteiger partial charge in [0.1, 0.15) is 11.5 Å². The maximum absolute atomic E-state index is 5.01. The average Bonchev–Trinajstić information content (AvgIpc) is 2.76. The minimum atomic E-state index is 0.739. The number of aromatic nitrogens is 2. The van der Waals surface area contributed by atoms with E-state index in [0.717, 1.165) is 36.0 Å². The van der Waals surface area contributed by atoms with Gasteiger partial charge in [0.25, 0.3) is 0 Å². The van der Waals surface area contributed by atoms with Crippen LogP contribution in [0, 0.1) is 13.8 Å². The quantitative estimate of drug-likeness (QED) is 0.789. The van der Waals surface area contributed by atoms with Crippen molar-refractivity contribution in [3.8, 4) is 0 Å². The SMILES string of the molecule is Cc1cc(CN(C)Cc2cc(C)on2)no1. The van der Waals surface area contributed by atoms with Gasteiger partial charge in [-0.25, -0.2) is 0 Å². The van der Waals surface area contributed by atoms with Crippen molar-refractivity contribution in [3.05, 3.63) is 35.0 Å². The lowest BCUT2D eigenvalue weighted by Gasteiger charge is -2.12. The molecule has 5 nitrogen and oxygen atoms in total. The summed E-state index contributed by atoms with van der Waals surface area (Å²) in [4.78, 5) is 2.11. The molecule has 0 bridgehead atoms. The molecule has 16 heavy (non-hydrogen) atoms. The summed E-state index contributed by atoms with van der Waals surface area (Å²) < 4.78 is 10.0. The highest BCUT2D eigenvalue weighted by atomic mass is 16.5. The van der Waals surface area contributed by atoms with Gasteiger partial charge in [-0.15, -0.1) is 0 Å². The van der Waals surface area contributed by atoms with Crippen molar-refractivity contribution in [2.75, 3.05) is 7.05 Å². The van der Waals surface area contributed by atoms with E-state index < -0.39 is 0 Å². The van der Waals surface area contributed by atoms with Gasteiger partial charge < -0.3 is 9.05 Å². The molecule has 0 fully saturated rings. The molecular formula is C11H15N3O2. The molecule has 0 aliphatic rings. The van der Waals surface area contributed by atoms with Crippen LogP contribution in [-0.2, 0) is 13.1 Å². The number of nitrogens with zero attached hydrogens (tertiary/aromatic N) is 3. The molecule has 0 saturated heterocycles. The summed E-state index contributed by atoms with van der Waals surface area (Å²) in [6.07, 6.45) is 0. The lowest BCUT2D eigenvalue weighted by atomic mass is 10.3. The Morgan fingerprint density at radius 1 is 1.00 bits per heavy atom. The highest BCUT2D eigenvalue weighted by molar-refractivity contribution is 5.05. The summed E-state index contributed by atoms with van der Waals surface area (Å²) in [7, 11) is 2.01. The van der Waals surface area contributed by atoms with Crippen LogP contribution >= 0.6 is 0 Å². The fourth-order valence-corrected chi connectivity index (χ4v) is 1.59. The minimum Gasteiger partial charge on any atom is -0.361 e. The maximum Gasteiger partial charge on any atom is 0.133 e. The van der Waals surface area contributed by atoms with Gasteiger partial charge in [-0.3, -0.25) is 4.90 Å². The summed E-state index contributed by atoms with van der Waals surface area (Å²) in [5.74, 6) is 1.67. The molecular weight excluding hydrogens is 206 g/mol. The van der Waals surface area contributed by atoms with E-state index in [9.17, 15) is 0 Å². The van der Waals surface area contributed by atoms with Crippen molar-refractivity contribution in [2.24, 2.45) is 0 Å². The maximum atomic E-state index is 5.01. The van der Waals surface area contributed by atoms with Crippen molar-refractivity contribution in [3.63, 3.8) is 0 Å². The number of aryl methyl sites for hydroxylation is 2. The van der Waals surface area contributed by atoms with Crippen molar-refractivity contribution >= 4 is 0 Å². The predicted molar refractivity (Wildman–Crippen MR) is 57.7 cm³/mol. The Bertz CT molecular complexity index is 419.